The van der Waals surface area contributed by atoms with E-state index in [9.17, 15) is 14.4 Å². The summed E-state index contributed by atoms with van der Waals surface area (Å²) in [5.74, 6) is -1.46. The number of hydrogen-bond acceptors (Lipinski definition) is 2. The summed E-state index contributed by atoms with van der Waals surface area (Å²) in [5.41, 5.74) is 0.129. The van der Waals surface area contributed by atoms with Crippen LogP contribution in [0.4, 0.5) is 4.39 Å². The smallest absolute Gasteiger partial charge is 0.224 e. The third-order valence-electron chi connectivity index (χ3n) is 3.84. The first-order valence-electron chi connectivity index (χ1n) is 7.24. The Morgan fingerprint density at radius 3 is 2.57 bits per heavy atom. The molecule has 1 unspecified atom stereocenters. The highest BCUT2D eigenvalue weighted by atomic mass is 35.5. The lowest BCUT2D eigenvalue weighted by Crippen LogP contribution is -2.32. The first kappa shape index (κ1) is 15.8. The number of carbonyl (C=O) groups is 1. The summed E-state index contributed by atoms with van der Waals surface area (Å²) in [4.78, 5) is 14.1. The third-order valence-corrected chi connectivity index (χ3v) is 4.17. The van der Waals surface area contributed by atoms with Crippen LogP contribution in [0.15, 0.2) is 18.2 Å². The van der Waals surface area contributed by atoms with E-state index in [2.05, 4.69) is 0 Å². The number of benzene rings is 1. The number of rotatable bonds is 3. The molecule has 0 spiro atoms. The first-order valence-corrected chi connectivity index (χ1v) is 7.62. The Balaban J connectivity index is 2.12. The number of nitrogens with zero attached hydrogens (tertiary/aromatic N) is 2. The largest absolute Gasteiger partial charge is 0.343 e. The van der Waals surface area contributed by atoms with E-state index >= 15 is 0 Å². The molecule has 1 saturated heterocycles. The van der Waals surface area contributed by atoms with Crippen molar-refractivity contribution in [3.63, 3.8) is 0 Å². The van der Waals surface area contributed by atoms with Crippen molar-refractivity contribution in [2.45, 2.75) is 38.0 Å². The molecule has 0 saturated carbocycles. The van der Waals surface area contributed by atoms with Crippen molar-refractivity contribution in [3.8, 4) is 6.07 Å². The molecule has 0 bridgehead atoms. The molecule has 2 rings (SSSR count). The van der Waals surface area contributed by atoms with Gasteiger partial charge in [0.2, 0.25) is 5.91 Å². The van der Waals surface area contributed by atoms with Crippen molar-refractivity contribution in [3.05, 3.63) is 34.6 Å². The van der Waals surface area contributed by atoms with Gasteiger partial charge in [0.1, 0.15) is 5.82 Å². The maximum absolute atomic E-state index is 13.9. The lowest BCUT2D eigenvalue weighted by molar-refractivity contribution is -0.131. The van der Waals surface area contributed by atoms with Gasteiger partial charge in [0, 0.05) is 30.1 Å². The van der Waals surface area contributed by atoms with Crippen LogP contribution in [0.5, 0.6) is 0 Å². The number of halogens is 2. The molecular formula is C16H18ClFN2O. The molecule has 3 nitrogen and oxygen atoms in total. The van der Waals surface area contributed by atoms with E-state index < -0.39 is 11.7 Å². The normalized spacial score (nSPS) is 16.9. The van der Waals surface area contributed by atoms with E-state index in [1.807, 2.05) is 6.07 Å². The quantitative estimate of drug-likeness (QED) is 0.850. The van der Waals surface area contributed by atoms with E-state index in [-0.39, 0.29) is 22.9 Å². The second kappa shape index (κ2) is 7.42. The zero-order valence-electron chi connectivity index (χ0n) is 11.8. The van der Waals surface area contributed by atoms with Gasteiger partial charge in [-0.25, -0.2) is 4.39 Å². The van der Waals surface area contributed by atoms with Gasteiger partial charge in [0.15, 0.2) is 0 Å². The van der Waals surface area contributed by atoms with Gasteiger partial charge in [0.25, 0.3) is 0 Å². The van der Waals surface area contributed by atoms with Crippen LogP contribution in [0.2, 0.25) is 5.02 Å². The number of carbonyl (C=O) groups excluding carboxylic acids is 1. The van der Waals surface area contributed by atoms with Crippen molar-refractivity contribution in [2.24, 2.45) is 0 Å². The minimum Gasteiger partial charge on any atom is -0.343 e. The molecule has 0 aromatic heterocycles. The predicted octanol–water partition coefficient (Wildman–Crippen LogP) is 3.88. The minimum absolute atomic E-state index is 0.0167. The summed E-state index contributed by atoms with van der Waals surface area (Å²) < 4.78 is 13.9. The molecule has 1 fully saturated rings. The molecule has 1 aliphatic rings. The monoisotopic (exact) mass is 308 g/mol. The van der Waals surface area contributed by atoms with Gasteiger partial charge in [-0.2, -0.15) is 5.26 Å². The van der Waals surface area contributed by atoms with E-state index in [0.29, 0.717) is 0 Å². The lowest BCUT2D eigenvalue weighted by Gasteiger charge is -2.22. The summed E-state index contributed by atoms with van der Waals surface area (Å²) in [6, 6.07) is 6.31. The van der Waals surface area contributed by atoms with Gasteiger partial charge in [-0.1, -0.05) is 30.5 Å². The Morgan fingerprint density at radius 2 is 2.00 bits per heavy atom. The number of hydrogen-bond donors (Lipinski definition) is 0. The van der Waals surface area contributed by atoms with Crippen molar-refractivity contribution in [2.75, 3.05) is 13.1 Å². The molecule has 5 heteroatoms. The summed E-state index contributed by atoms with van der Waals surface area (Å²) in [7, 11) is 0. The molecule has 1 heterocycles. The zero-order chi connectivity index (χ0) is 15.2. The van der Waals surface area contributed by atoms with Crippen molar-refractivity contribution < 1.29 is 9.18 Å². The minimum atomic E-state index is -0.838. The molecule has 0 aliphatic carbocycles. The van der Waals surface area contributed by atoms with Crippen molar-refractivity contribution in [1.29, 1.82) is 5.26 Å². The van der Waals surface area contributed by atoms with Gasteiger partial charge in [0.05, 0.1) is 12.0 Å². The molecule has 1 aromatic rings. The highest BCUT2D eigenvalue weighted by Gasteiger charge is 2.25. The molecule has 1 atom stereocenters. The molecule has 0 radical (unpaired) electrons. The topological polar surface area (TPSA) is 44.1 Å². The van der Waals surface area contributed by atoms with Crippen LogP contribution in [0, 0.1) is 17.1 Å². The summed E-state index contributed by atoms with van der Waals surface area (Å²) >= 11 is 5.98. The van der Waals surface area contributed by atoms with Crippen LogP contribution in [0.25, 0.3) is 0 Å². The van der Waals surface area contributed by atoms with Crippen LogP contribution >= 0.6 is 11.6 Å². The second-order valence-electron chi connectivity index (χ2n) is 5.32. The van der Waals surface area contributed by atoms with Gasteiger partial charge >= 0.3 is 0 Å². The van der Waals surface area contributed by atoms with Crippen molar-refractivity contribution >= 4 is 17.5 Å². The standard InChI is InChI=1S/C16H18ClFN2O/c17-13-6-5-7-14(18)16(13)12(11-19)10-15(21)20-8-3-1-2-4-9-20/h5-7,12H,1-4,8-10H2. The van der Waals surface area contributed by atoms with Crippen LogP contribution < -0.4 is 0 Å². The fourth-order valence-electron chi connectivity index (χ4n) is 2.68. The molecule has 1 amide bonds. The molecule has 0 N–H and O–H groups in total. The van der Waals surface area contributed by atoms with Crippen LogP contribution in [0.3, 0.4) is 0 Å². The first-order chi connectivity index (χ1) is 10.1. The van der Waals surface area contributed by atoms with Gasteiger partial charge in [-0.15, -0.1) is 0 Å². The Labute approximate surface area is 129 Å². The summed E-state index contributed by atoms with van der Waals surface area (Å²) in [6.07, 6.45) is 4.22. The Kier molecular flexibility index (Phi) is 5.58. The SMILES string of the molecule is N#CC(CC(=O)N1CCCCCC1)c1c(F)cccc1Cl. The second-order valence-corrected chi connectivity index (χ2v) is 5.72. The van der Waals surface area contributed by atoms with Gasteiger partial charge in [-0.05, 0) is 25.0 Å². The maximum Gasteiger partial charge on any atom is 0.224 e. The lowest BCUT2D eigenvalue weighted by atomic mass is 9.96. The number of likely N-dealkylation sites (tertiary alicyclic amines) is 1. The Morgan fingerprint density at radius 1 is 1.33 bits per heavy atom. The molecule has 21 heavy (non-hydrogen) atoms. The number of amides is 1. The summed E-state index contributed by atoms with van der Waals surface area (Å²) in [6.45, 7) is 1.45. The average molecular weight is 309 g/mol. The number of nitriles is 1. The van der Waals surface area contributed by atoms with E-state index in [1.165, 1.54) is 12.1 Å². The highest BCUT2D eigenvalue weighted by Crippen LogP contribution is 2.30. The van der Waals surface area contributed by atoms with Crippen LogP contribution in [-0.4, -0.2) is 23.9 Å². The van der Waals surface area contributed by atoms with E-state index in [1.54, 1.807) is 11.0 Å². The zero-order valence-corrected chi connectivity index (χ0v) is 12.6. The van der Waals surface area contributed by atoms with Crippen LogP contribution in [0.1, 0.15) is 43.6 Å². The third kappa shape index (κ3) is 3.95. The summed E-state index contributed by atoms with van der Waals surface area (Å²) in [5, 5.41) is 9.48. The molecule has 1 aliphatic heterocycles. The highest BCUT2D eigenvalue weighted by molar-refractivity contribution is 6.31. The van der Waals surface area contributed by atoms with Gasteiger partial charge < -0.3 is 4.90 Å². The molecule has 112 valence electrons. The molecule has 1 aromatic carbocycles. The molecular weight excluding hydrogens is 291 g/mol. The fraction of sp³-hybridized carbons (Fsp3) is 0.500. The Hall–Kier alpha value is -1.60. The van der Waals surface area contributed by atoms with Gasteiger partial charge in [-0.3, -0.25) is 4.79 Å². The van der Waals surface area contributed by atoms with E-state index in [0.717, 1.165) is 38.8 Å². The average Bonchev–Trinajstić information content (AvgIpc) is 2.74. The predicted molar refractivity (Wildman–Crippen MR) is 79.4 cm³/mol. The van der Waals surface area contributed by atoms with E-state index in [4.69, 9.17) is 11.6 Å². The van der Waals surface area contributed by atoms with Crippen molar-refractivity contribution in [1.82, 2.24) is 4.90 Å². The maximum atomic E-state index is 13.9. The van der Waals surface area contributed by atoms with Crippen LogP contribution in [-0.2, 0) is 4.79 Å². The fourth-order valence-corrected chi connectivity index (χ4v) is 2.97. The Bertz CT molecular complexity index is 527.